The number of anilines is 2. The van der Waals surface area contributed by atoms with Crippen LogP contribution in [0.1, 0.15) is 0 Å². The number of carbonyl (C=O) groups excluding carboxylic acids is 1. The predicted molar refractivity (Wildman–Crippen MR) is 124 cm³/mol. The molecule has 33 heavy (non-hydrogen) atoms. The van der Waals surface area contributed by atoms with Gasteiger partial charge in [-0.15, -0.1) is 0 Å². The number of nitrogens with zero attached hydrogens (tertiary/aromatic N) is 1. The average molecular weight is 500 g/mol. The standard InChI is InChI=1S/C21H26ClN3O7S/c1-29-17-5-4-14(10-20(17)33(27,28)25-6-8-32-9-7-25)24-21(26)13-23-16-12-18(30-2)15(22)11-19(16)31-3/h4-5,10-12,23H,6-9,13H2,1-3H3,(H,24,26). The van der Waals surface area contributed by atoms with Gasteiger partial charge < -0.3 is 29.6 Å². The van der Waals surface area contributed by atoms with Gasteiger partial charge in [0.2, 0.25) is 15.9 Å². The van der Waals surface area contributed by atoms with Gasteiger partial charge in [-0.25, -0.2) is 8.42 Å². The Morgan fingerprint density at radius 2 is 1.70 bits per heavy atom. The number of hydrogen-bond donors (Lipinski definition) is 2. The van der Waals surface area contributed by atoms with Crippen molar-refractivity contribution >= 4 is 38.9 Å². The van der Waals surface area contributed by atoms with E-state index in [4.69, 9.17) is 30.5 Å². The number of benzene rings is 2. The van der Waals surface area contributed by atoms with E-state index in [0.29, 0.717) is 41.1 Å². The Morgan fingerprint density at radius 3 is 2.33 bits per heavy atom. The van der Waals surface area contributed by atoms with E-state index in [2.05, 4.69) is 10.6 Å². The number of rotatable bonds is 9. The first-order valence-electron chi connectivity index (χ1n) is 10.0. The van der Waals surface area contributed by atoms with Crippen molar-refractivity contribution in [1.82, 2.24) is 4.31 Å². The first kappa shape index (κ1) is 24.9. The molecule has 1 fully saturated rings. The highest BCUT2D eigenvalue weighted by Crippen LogP contribution is 2.36. The topological polar surface area (TPSA) is 115 Å². The molecule has 2 aromatic rings. The third-order valence-electron chi connectivity index (χ3n) is 4.95. The smallest absolute Gasteiger partial charge is 0.246 e. The van der Waals surface area contributed by atoms with Crippen molar-refractivity contribution in [2.24, 2.45) is 0 Å². The molecule has 180 valence electrons. The van der Waals surface area contributed by atoms with E-state index in [1.54, 1.807) is 18.2 Å². The lowest BCUT2D eigenvalue weighted by Crippen LogP contribution is -2.40. The molecule has 1 saturated heterocycles. The Kier molecular flexibility index (Phi) is 8.25. The van der Waals surface area contributed by atoms with E-state index in [1.807, 2.05) is 0 Å². The summed E-state index contributed by atoms with van der Waals surface area (Å²) in [7, 11) is 0.538. The molecule has 1 aliphatic heterocycles. The zero-order valence-corrected chi connectivity index (χ0v) is 20.1. The van der Waals surface area contributed by atoms with Crippen LogP contribution in [0.4, 0.5) is 11.4 Å². The van der Waals surface area contributed by atoms with Crippen molar-refractivity contribution in [1.29, 1.82) is 0 Å². The number of nitrogens with one attached hydrogen (secondary N) is 2. The van der Waals surface area contributed by atoms with E-state index in [1.165, 1.54) is 37.8 Å². The largest absolute Gasteiger partial charge is 0.495 e. The number of methoxy groups -OCH3 is 3. The van der Waals surface area contributed by atoms with Gasteiger partial charge in [-0.3, -0.25) is 4.79 Å². The third-order valence-corrected chi connectivity index (χ3v) is 7.16. The summed E-state index contributed by atoms with van der Waals surface area (Å²) < 4.78 is 48.5. The van der Waals surface area contributed by atoms with Gasteiger partial charge in [0, 0.05) is 30.9 Å². The second-order valence-corrected chi connectivity index (χ2v) is 9.28. The van der Waals surface area contributed by atoms with E-state index in [-0.39, 0.29) is 30.3 Å². The fourth-order valence-corrected chi connectivity index (χ4v) is 5.08. The van der Waals surface area contributed by atoms with Crippen molar-refractivity contribution < 1.29 is 32.2 Å². The van der Waals surface area contributed by atoms with E-state index < -0.39 is 15.9 Å². The number of carbonyl (C=O) groups is 1. The summed E-state index contributed by atoms with van der Waals surface area (Å²) in [5.74, 6) is 0.659. The van der Waals surface area contributed by atoms with Gasteiger partial charge in [0.15, 0.2) is 0 Å². The molecule has 0 unspecified atom stereocenters. The molecule has 2 aromatic carbocycles. The van der Waals surface area contributed by atoms with Crippen molar-refractivity contribution in [2.75, 3.05) is 64.8 Å². The lowest BCUT2D eigenvalue weighted by atomic mass is 10.2. The van der Waals surface area contributed by atoms with Crippen molar-refractivity contribution in [3.8, 4) is 17.2 Å². The van der Waals surface area contributed by atoms with Gasteiger partial charge in [0.05, 0.1) is 51.8 Å². The monoisotopic (exact) mass is 499 g/mol. The second kappa shape index (κ2) is 10.9. The lowest BCUT2D eigenvalue weighted by Gasteiger charge is -2.26. The van der Waals surface area contributed by atoms with Gasteiger partial charge in [-0.05, 0) is 18.2 Å². The van der Waals surface area contributed by atoms with Crippen LogP contribution in [0.5, 0.6) is 17.2 Å². The average Bonchev–Trinajstić information content (AvgIpc) is 2.83. The van der Waals surface area contributed by atoms with Crippen LogP contribution in [0.15, 0.2) is 35.2 Å². The molecule has 3 rings (SSSR count). The minimum atomic E-state index is -3.82. The first-order valence-corrected chi connectivity index (χ1v) is 11.8. The maximum atomic E-state index is 13.1. The molecule has 10 nitrogen and oxygen atoms in total. The third kappa shape index (κ3) is 5.80. The van der Waals surface area contributed by atoms with E-state index in [9.17, 15) is 13.2 Å². The number of hydrogen-bond acceptors (Lipinski definition) is 8. The van der Waals surface area contributed by atoms with E-state index in [0.717, 1.165) is 0 Å². The van der Waals surface area contributed by atoms with Crippen molar-refractivity contribution in [2.45, 2.75) is 4.90 Å². The SMILES string of the molecule is COc1cc(NCC(=O)Nc2ccc(OC)c(S(=O)(=O)N3CCOCC3)c2)c(OC)cc1Cl. The first-order chi connectivity index (χ1) is 15.8. The quantitative estimate of drug-likeness (QED) is 0.540. The van der Waals surface area contributed by atoms with Crippen LogP contribution in [0.3, 0.4) is 0 Å². The van der Waals surface area contributed by atoms with Crippen LogP contribution in [-0.4, -0.2) is 72.8 Å². The van der Waals surface area contributed by atoms with E-state index >= 15 is 0 Å². The number of sulfonamides is 1. The van der Waals surface area contributed by atoms with Gasteiger partial charge in [-0.2, -0.15) is 4.31 Å². The van der Waals surface area contributed by atoms with Crippen LogP contribution in [0, 0.1) is 0 Å². The molecule has 0 atom stereocenters. The summed E-state index contributed by atoms with van der Waals surface area (Å²) in [6.07, 6.45) is 0. The van der Waals surface area contributed by atoms with Crippen molar-refractivity contribution in [3.63, 3.8) is 0 Å². The molecule has 0 radical (unpaired) electrons. The number of morpholine rings is 1. The maximum absolute atomic E-state index is 13.1. The van der Waals surface area contributed by atoms with Gasteiger partial charge in [-0.1, -0.05) is 11.6 Å². The van der Waals surface area contributed by atoms with Gasteiger partial charge in [0.25, 0.3) is 0 Å². The van der Waals surface area contributed by atoms with Crippen LogP contribution >= 0.6 is 11.6 Å². The van der Waals surface area contributed by atoms with Crippen LogP contribution in [-0.2, 0) is 19.6 Å². The van der Waals surface area contributed by atoms with Gasteiger partial charge in [0.1, 0.15) is 22.1 Å². The second-order valence-electron chi connectivity index (χ2n) is 6.97. The molecular formula is C21H26ClN3O7S. The Morgan fingerprint density at radius 1 is 1.03 bits per heavy atom. The molecular weight excluding hydrogens is 474 g/mol. The molecule has 1 aliphatic rings. The summed E-state index contributed by atoms with van der Waals surface area (Å²) in [6.45, 7) is 1.03. The number of ether oxygens (including phenoxy) is 4. The lowest BCUT2D eigenvalue weighted by molar-refractivity contribution is -0.114. The highest BCUT2D eigenvalue weighted by molar-refractivity contribution is 7.89. The summed E-state index contributed by atoms with van der Waals surface area (Å²) in [5, 5.41) is 6.03. The minimum Gasteiger partial charge on any atom is -0.495 e. The molecule has 1 heterocycles. The molecule has 0 spiro atoms. The molecule has 2 N–H and O–H groups in total. The molecule has 0 bridgehead atoms. The zero-order chi connectivity index (χ0) is 24.0. The minimum absolute atomic E-state index is 0.0261. The Labute approximate surface area is 197 Å². The summed E-state index contributed by atoms with van der Waals surface area (Å²) in [6, 6.07) is 7.65. The summed E-state index contributed by atoms with van der Waals surface area (Å²) in [5.41, 5.74) is 0.828. The zero-order valence-electron chi connectivity index (χ0n) is 18.5. The fourth-order valence-electron chi connectivity index (χ4n) is 3.26. The Bertz CT molecular complexity index is 1110. The molecule has 1 amide bonds. The highest BCUT2D eigenvalue weighted by Gasteiger charge is 2.29. The van der Waals surface area contributed by atoms with Gasteiger partial charge >= 0.3 is 0 Å². The molecule has 12 heteroatoms. The summed E-state index contributed by atoms with van der Waals surface area (Å²) >= 11 is 6.10. The molecule has 0 saturated carbocycles. The maximum Gasteiger partial charge on any atom is 0.246 e. The van der Waals surface area contributed by atoms with Crippen LogP contribution in [0.2, 0.25) is 5.02 Å². The van der Waals surface area contributed by atoms with Crippen molar-refractivity contribution in [3.05, 3.63) is 35.4 Å². The Hall–Kier alpha value is -2.73. The normalized spacial score (nSPS) is 14.4. The number of amides is 1. The van der Waals surface area contributed by atoms with Crippen LogP contribution < -0.4 is 24.8 Å². The molecule has 0 aromatic heterocycles. The predicted octanol–water partition coefficient (Wildman–Crippen LogP) is 2.44. The highest BCUT2D eigenvalue weighted by atomic mass is 35.5. The number of halogens is 1. The fraction of sp³-hybridized carbons (Fsp3) is 0.381. The summed E-state index contributed by atoms with van der Waals surface area (Å²) in [4.78, 5) is 12.5. The molecule has 0 aliphatic carbocycles. The Balaban J connectivity index is 1.75. The van der Waals surface area contributed by atoms with Crippen LogP contribution in [0.25, 0.3) is 0 Å².